The SMILES string of the molecule is Cc1ccc(-c2ccc(N(c3ccc(-c4ccc(C)cc4)cc3)c3ccc(-c4ccc(N(c5cccc(Cl)c5)c5cccc(Cl)c5)cc4)cc3)cc2)cc1. The lowest BCUT2D eigenvalue weighted by Crippen LogP contribution is -2.10. The monoisotopic (exact) mass is 736 g/mol. The molecule has 8 aromatic carbocycles. The van der Waals surface area contributed by atoms with E-state index in [4.69, 9.17) is 23.2 Å². The number of aryl methyl sites for hydroxylation is 2. The summed E-state index contributed by atoms with van der Waals surface area (Å²) in [5, 5.41) is 1.35. The van der Waals surface area contributed by atoms with Crippen molar-refractivity contribution in [2.24, 2.45) is 0 Å². The predicted molar refractivity (Wildman–Crippen MR) is 232 cm³/mol. The number of halogens is 2. The summed E-state index contributed by atoms with van der Waals surface area (Å²) in [5.41, 5.74) is 15.8. The van der Waals surface area contributed by atoms with Gasteiger partial charge in [0.05, 0.1) is 0 Å². The summed E-state index contributed by atoms with van der Waals surface area (Å²) in [6.45, 7) is 4.24. The summed E-state index contributed by atoms with van der Waals surface area (Å²) in [5.74, 6) is 0. The molecular formula is C50H38Cl2N2. The van der Waals surface area contributed by atoms with Gasteiger partial charge in [-0.15, -0.1) is 0 Å². The zero-order valence-corrected chi connectivity index (χ0v) is 31.6. The second kappa shape index (κ2) is 15.5. The number of nitrogens with zero attached hydrogens (tertiary/aromatic N) is 2. The molecular weight excluding hydrogens is 699 g/mol. The topological polar surface area (TPSA) is 6.48 Å². The second-order valence-corrected chi connectivity index (χ2v) is 14.4. The van der Waals surface area contributed by atoms with Crippen molar-refractivity contribution in [1.29, 1.82) is 0 Å². The molecule has 0 radical (unpaired) electrons. The molecule has 262 valence electrons. The Balaban J connectivity index is 1.11. The highest BCUT2D eigenvalue weighted by molar-refractivity contribution is 6.31. The number of hydrogen-bond donors (Lipinski definition) is 0. The Hall–Kier alpha value is -6.06. The van der Waals surface area contributed by atoms with Gasteiger partial charge in [-0.2, -0.15) is 0 Å². The van der Waals surface area contributed by atoms with Gasteiger partial charge in [0.25, 0.3) is 0 Å². The molecule has 4 heteroatoms. The molecule has 0 aromatic heterocycles. The molecule has 0 amide bonds. The Morgan fingerprint density at radius 1 is 0.278 bits per heavy atom. The number of rotatable bonds is 9. The van der Waals surface area contributed by atoms with Gasteiger partial charge in [0.1, 0.15) is 0 Å². The normalized spacial score (nSPS) is 11.0. The zero-order chi connectivity index (χ0) is 37.0. The van der Waals surface area contributed by atoms with Crippen molar-refractivity contribution in [1.82, 2.24) is 0 Å². The maximum Gasteiger partial charge on any atom is 0.0476 e. The van der Waals surface area contributed by atoms with E-state index >= 15 is 0 Å². The van der Waals surface area contributed by atoms with Crippen LogP contribution in [-0.2, 0) is 0 Å². The summed E-state index contributed by atoms with van der Waals surface area (Å²) in [6, 6.07) is 68.2. The van der Waals surface area contributed by atoms with E-state index in [2.05, 4.69) is 181 Å². The summed E-state index contributed by atoms with van der Waals surface area (Å²) >= 11 is 12.9. The highest BCUT2D eigenvalue weighted by atomic mass is 35.5. The Kier molecular flexibility index (Phi) is 10.0. The lowest BCUT2D eigenvalue weighted by Gasteiger charge is -2.26. The minimum Gasteiger partial charge on any atom is -0.311 e. The molecule has 8 aromatic rings. The first-order valence-electron chi connectivity index (χ1n) is 18.0. The van der Waals surface area contributed by atoms with Crippen LogP contribution in [-0.4, -0.2) is 0 Å². The molecule has 0 aliphatic rings. The minimum atomic E-state index is 0.676. The van der Waals surface area contributed by atoms with E-state index in [1.165, 1.54) is 33.4 Å². The number of anilines is 6. The van der Waals surface area contributed by atoms with Crippen molar-refractivity contribution < 1.29 is 0 Å². The largest absolute Gasteiger partial charge is 0.311 e. The summed E-state index contributed by atoms with van der Waals surface area (Å²) in [6.07, 6.45) is 0. The first kappa shape index (κ1) is 35.0. The number of benzene rings is 8. The molecule has 54 heavy (non-hydrogen) atoms. The van der Waals surface area contributed by atoms with Crippen LogP contribution < -0.4 is 9.80 Å². The van der Waals surface area contributed by atoms with E-state index in [1.54, 1.807) is 0 Å². The van der Waals surface area contributed by atoms with Gasteiger partial charge < -0.3 is 9.80 Å². The molecule has 0 unspecified atom stereocenters. The van der Waals surface area contributed by atoms with E-state index in [0.29, 0.717) is 10.0 Å². The van der Waals surface area contributed by atoms with Crippen LogP contribution in [0.3, 0.4) is 0 Å². The molecule has 0 saturated carbocycles. The van der Waals surface area contributed by atoms with Crippen LogP contribution >= 0.6 is 23.2 Å². The maximum atomic E-state index is 6.43. The smallest absolute Gasteiger partial charge is 0.0476 e. The van der Waals surface area contributed by atoms with Crippen LogP contribution in [0.1, 0.15) is 11.1 Å². The average molecular weight is 738 g/mol. The van der Waals surface area contributed by atoms with Crippen molar-refractivity contribution in [3.8, 4) is 33.4 Å². The van der Waals surface area contributed by atoms with Crippen LogP contribution in [0.15, 0.2) is 194 Å². The molecule has 0 aliphatic heterocycles. The fraction of sp³-hybridized carbons (Fsp3) is 0.0400. The summed E-state index contributed by atoms with van der Waals surface area (Å²) < 4.78 is 0. The third kappa shape index (κ3) is 7.68. The average Bonchev–Trinajstić information content (AvgIpc) is 3.20. The van der Waals surface area contributed by atoms with Gasteiger partial charge in [0.2, 0.25) is 0 Å². The Morgan fingerprint density at radius 2 is 0.519 bits per heavy atom. The lowest BCUT2D eigenvalue weighted by molar-refractivity contribution is 1.28. The van der Waals surface area contributed by atoms with E-state index in [-0.39, 0.29) is 0 Å². The third-order valence-electron chi connectivity index (χ3n) is 9.74. The standard InChI is InChI=1S/C50H38Cl2N2/c1-35-9-13-37(14-10-35)39-17-25-45(26-18-39)53(46-27-19-40(20-28-46)38-15-11-36(2)12-16-38)47-29-21-41(22-30-47)42-23-31-48(32-24-42)54(49-7-3-5-43(51)33-49)50-8-4-6-44(52)34-50/h3-34H,1-2H3. The van der Waals surface area contributed by atoms with Crippen LogP contribution in [0, 0.1) is 13.8 Å². The fourth-order valence-corrected chi connectivity index (χ4v) is 7.20. The lowest BCUT2D eigenvalue weighted by atomic mass is 10.0. The Morgan fingerprint density at radius 3 is 0.778 bits per heavy atom. The van der Waals surface area contributed by atoms with Crippen LogP contribution in [0.2, 0.25) is 10.0 Å². The Labute approximate surface area is 328 Å². The van der Waals surface area contributed by atoms with Crippen LogP contribution in [0.4, 0.5) is 34.1 Å². The highest BCUT2D eigenvalue weighted by Crippen LogP contribution is 2.40. The maximum absolute atomic E-state index is 6.43. The fourth-order valence-electron chi connectivity index (χ4n) is 6.83. The predicted octanol–water partition coefficient (Wildman–Crippen LogP) is 15.6. The van der Waals surface area contributed by atoms with Crippen molar-refractivity contribution in [3.63, 3.8) is 0 Å². The van der Waals surface area contributed by atoms with Crippen molar-refractivity contribution >= 4 is 57.3 Å². The van der Waals surface area contributed by atoms with Crippen molar-refractivity contribution in [2.75, 3.05) is 9.80 Å². The molecule has 0 bridgehead atoms. The number of hydrogen-bond acceptors (Lipinski definition) is 2. The van der Waals surface area contributed by atoms with E-state index in [0.717, 1.165) is 45.3 Å². The van der Waals surface area contributed by atoms with Gasteiger partial charge >= 0.3 is 0 Å². The van der Waals surface area contributed by atoms with E-state index in [1.807, 2.05) is 36.4 Å². The highest BCUT2D eigenvalue weighted by Gasteiger charge is 2.16. The van der Waals surface area contributed by atoms with Crippen LogP contribution in [0.5, 0.6) is 0 Å². The molecule has 2 nitrogen and oxygen atoms in total. The van der Waals surface area contributed by atoms with Gasteiger partial charge in [-0.3, -0.25) is 0 Å². The van der Waals surface area contributed by atoms with E-state index in [9.17, 15) is 0 Å². The molecule has 0 aliphatic carbocycles. The van der Waals surface area contributed by atoms with Crippen LogP contribution in [0.25, 0.3) is 33.4 Å². The van der Waals surface area contributed by atoms with Gasteiger partial charge in [-0.25, -0.2) is 0 Å². The molecule has 0 N–H and O–H groups in total. The zero-order valence-electron chi connectivity index (χ0n) is 30.1. The summed E-state index contributed by atoms with van der Waals surface area (Å²) in [4.78, 5) is 4.48. The van der Waals surface area contributed by atoms with E-state index < -0.39 is 0 Å². The minimum absolute atomic E-state index is 0.676. The Bertz CT molecular complexity index is 2350. The first-order valence-corrected chi connectivity index (χ1v) is 18.8. The summed E-state index contributed by atoms with van der Waals surface area (Å²) in [7, 11) is 0. The molecule has 0 heterocycles. The molecule has 8 rings (SSSR count). The van der Waals surface area contributed by atoms with Gasteiger partial charge in [0, 0.05) is 44.2 Å². The first-order chi connectivity index (χ1) is 26.4. The van der Waals surface area contributed by atoms with Crippen molar-refractivity contribution in [3.05, 3.63) is 215 Å². The third-order valence-corrected chi connectivity index (χ3v) is 10.2. The molecule has 0 atom stereocenters. The quantitative estimate of drug-likeness (QED) is 0.146. The van der Waals surface area contributed by atoms with Crippen molar-refractivity contribution in [2.45, 2.75) is 13.8 Å². The molecule has 0 fully saturated rings. The second-order valence-electron chi connectivity index (χ2n) is 13.6. The molecule has 0 spiro atoms. The van der Waals surface area contributed by atoms with Gasteiger partial charge in [-0.05, 0) is 132 Å². The van der Waals surface area contributed by atoms with Gasteiger partial charge in [-0.1, -0.05) is 144 Å². The van der Waals surface area contributed by atoms with Gasteiger partial charge in [0.15, 0.2) is 0 Å². The molecule has 0 saturated heterocycles.